The van der Waals surface area contributed by atoms with Gasteiger partial charge in [0.2, 0.25) is 5.91 Å². The molecule has 26 heavy (non-hydrogen) atoms. The lowest BCUT2D eigenvalue weighted by Gasteiger charge is -2.37. The Morgan fingerprint density at radius 3 is 3.19 bits per heavy atom. The number of nitrogens with zero attached hydrogens (tertiary/aromatic N) is 4. The average Bonchev–Trinajstić information content (AvgIpc) is 3.36. The van der Waals surface area contributed by atoms with Gasteiger partial charge in [0, 0.05) is 52.2 Å². The Morgan fingerprint density at radius 2 is 2.42 bits per heavy atom. The zero-order chi connectivity index (χ0) is 18.0. The van der Waals surface area contributed by atoms with Crippen LogP contribution in [0.3, 0.4) is 0 Å². The Hall–Kier alpha value is -2.19. The maximum absolute atomic E-state index is 13.1. The van der Waals surface area contributed by atoms with Crippen molar-refractivity contribution in [3.05, 3.63) is 36.0 Å². The summed E-state index contributed by atoms with van der Waals surface area (Å²) in [6.45, 7) is 4.24. The Labute approximate surface area is 152 Å². The molecule has 0 radical (unpaired) electrons. The first-order valence-electron chi connectivity index (χ1n) is 9.12. The van der Waals surface area contributed by atoms with Crippen LogP contribution >= 0.6 is 0 Å². The molecular weight excluding hydrogens is 334 g/mol. The molecule has 0 spiro atoms. The van der Waals surface area contributed by atoms with Gasteiger partial charge in [0.05, 0.1) is 30.2 Å². The van der Waals surface area contributed by atoms with Crippen LogP contribution in [0.5, 0.6) is 0 Å². The number of hydrogen-bond donors (Lipinski definition) is 1. The van der Waals surface area contributed by atoms with E-state index in [2.05, 4.69) is 20.5 Å². The van der Waals surface area contributed by atoms with Gasteiger partial charge in [-0.25, -0.2) is 0 Å². The maximum atomic E-state index is 13.1. The second-order valence-electron chi connectivity index (χ2n) is 7.28. The minimum absolute atomic E-state index is 0.142. The van der Waals surface area contributed by atoms with Crippen LogP contribution in [-0.2, 0) is 29.5 Å². The highest BCUT2D eigenvalue weighted by atomic mass is 16.5. The molecule has 4 rings (SSSR count). The summed E-state index contributed by atoms with van der Waals surface area (Å²) in [5, 5.41) is 11.1. The van der Waals surface area contributed by atoms with Crippen molar-refractivity contribution in [2.75, 3.05) is 32.8 Å². The van der Waals surface area contributed by atoms with Gasteiger partial charge in [0.15, 0.2) is 0 Å². The van der Waals surface area contributed by atoms with Crippen LogP contribution in [-0.4, -0.2) is 58.6 Å². The normalized spacial score (nSPS) is 26.0. The van der Waals surface area contributed by atoms with E-state index in [0.29, 0.717) is 26.2 Å². The van der Waals surface area contributed by atoms with Crippen molar-refractivity contribution in [1.29, 1.82) is 0 Å². The number of hydrogen-bond acceptors (Lipinski definition) is 6. The van der Waals surface area contributed by atoms with Gasteiger partial charge in [0.25, 0.3) is 0 Å². The predicted octanol–water partition coefficient (Wildman–Crippen LogP) is 0.606. The molecule has 0 bridgehead atoms. The van der Waals surface area contributed by atoms with Crippen molar-refractivity contribution in [1.82, 2.24) is 25.2 Å². The van der Waals surface area contributed by atoms with Gasteiger partial charge in [-0.05, 0) is 18.6 Å². The van der Waals surface area contributed by atoms with Crippen LogP contribution in [0.25, 0.3) is 0 Å². The first-order valence-corrected chi connectivity index (χ1v) is 9.12. The Bertz CT molecular complexity index is 744. The second kappa shape index (κ2) is 7.20. The summed E-state index contributed by atoms with van der Waals surface area (Å²) in [5.41, 5.74) is 0.686. The number of amides is 1. The van der Waals surface area contributed by atoms with Gasteiger partial charge in [0.1, 0.15) is 5.76 Å². The van der Waals surface area contributed by atoms with E-state index in [0.717, 1.165) is 37.5 Å². The first kappa shape index (κ1) is 17.2. The molecule has 2 aromatic rings. The van der Waals surface area contributed by atoms with E-state index in [1.807, 2.05) is 19.2 Å². The number of ether oxygens (including phenoxy) is 1. The topological polar surface area (TPSA) is 85.4 Å². The summed E-state index contributed by atoms with van der Waals surface area (Å²) in [4.78, 5) is 15.4. The zero-order valence-corrected chi connectivity index (χ0v) is 15.1. The third kappa shape index (κ3) is 3.26. The third-order valence-corrected chi connectivity index (χ3v) is 5.66. The fourth-order valence-electron chi connectivity index (χ4n) is 4.16. The van der Waals surface area contributed by atoms with Crippen molar-refractivity contribution in [2.24, 2.45) is 18.4 Å². The fraction of sp³-hybridized carbons (Fsp3) is 0.611. The number of likely N-dealkylation sites (tertiary alicyclic amines) is 1. The summed E-state index contributed by atoms with van der Waals surface area (Å²) in [7, 11) is 1.89. The summed E-state index contributed by atoms with van der Waals surface area (Å²) < 4.78 is 12.8. The first-order chi connectivity index (χ1) is 12.7. The van der Waals surface area contributed by atoms with E-state index in [4.69, 9.17) is 9.15 Å². The Balaban J connectivity index is 1.41. The molecule has 2 fully saturated rings. The lowest BCUT2D eigenvalue weighted by atomic mass is 9.73. The lowest BCUT2D eigenvalue weighted by Crippen LogP contribution is -2.50. The van der Waals surface area contributed by atoms with E-state index < -0.39 is 0 Å². The highest BCUT2D eigenvalue weighted by Gasteiger charge is 2.53. The van der Waals surface area contributed by atoms with Crippen molar-refractivity contribution >= 4 is 5.91 Å². The molecule has 1 N–H and O–H groups in total. The van der Waals surface area contributed by atoms with Gasteiger partial charge in [-0.15, -0.1) is 5.10 Å². The van der Waals surface area contributed by atoms with Gasteiger partial charge in [-0.1, -0.05) is 5.21 Å². The quantitative estimate of drug-likeness (QED) is 0.813. The molecule has 2 aromatic heterocycles. The number of aryl methyl sites for hydroxylation is 1. The second-order valence-corrected chi connectivity index (χ2v) is 7.28. The van der Waals surface area contributed by atoms with Crippen molar-refractivity contribution < 1.29 is 13.9 Å². The van der Waals surface area contributed by atoms with Gasteiger partial charge < -0.3 is 14.5 Å². The molecule has 140 valence electrons. The molecule has 2 unspecified atom stereocenters. The number of carbonyl (C=O) groups excluding carboxylic acids is 1. The van der Waals surface area contributed by atoms with Crippen molar-refractivity contribution in [2.45, 2.75) is 19.4 Å². The molecule has 0 aromatic carbocycles. The maximum Gasteiger partial charge on any atom is 0.228 e. The predicted molar refractivity (Wildman–Crippen MR) is 93.1 cm³/mol. The molecule has 1 amide bonds. The standard InChI is InChI=1S/C18H25N5O3/c1-22-15(9-20-21-22)11-23-10-14-12-25-8-5-18(14,13-23)17(24)19-6-4-16-3-2-7-26-16/h2-3,7,9,14H,4-6,8,10-13H2,1H3,(H,19,24). The number of fused-ring (bicyclic) bond motifs is 1. The largest absolute Gasteiger partial charge is 0.469 e. The smallest absolute Gasteiger partial charge is 0.228 e. The highest BCUT2D eigenvalue weighted by molar-refractivity contribution is 5.84. The van der Waals surface area contributed by atoms with Crippen molar-refractivity contribution in [3.8, 4) is 0 Å². The minimum atomic E-state index is -0.368. The van der Waals surface area contributed by atoms with Crippen LogP contribution < -0.4 is 5.32 Å². The van der Waals surface area contributed by atoms with E-state index in [9.17, 15) is 4.79 Å². The molecule has 2 aliphatic heterocycles. The summed E-state index contributed by atoms with van der Waals surface area (Å²) in [5.74, 6) is 1.26. The number of rotatable bonds is 6. The zero-order valence-electron chi connectivity index (χ0n) is 15.1. The van der Waals surface area contributed by atoms with Gasteiger partial charge in [-0.3, -0.25) is 14.4 Å². The third-order valence-electron chi connectivity index (χ3n) is 5.66. The molecular formula is C18H25N5O3. The lowest BCUT2D eigenvalue weighted by molar-refractivity contribution is -0.139. The summed E-state index contributed by atoms with van der Waals surface area (Å²) >= 11 is 0. The van der Waals surface area contributed by atoms with E-state index in [1.54, 1.807) is 17.1 Å². The van der Waals surface area contributed by atoms with Gasteiger partial charge >= 0.3 is 0 Å². The SMILES string of the molecule is Cn1nncc1CN1CC2COCCC2(C(=O)NCCc2ccco2)C1. The molecule has 0 aliphatic carbocycles. The van der Waals surface area contributed by atoms with Gasteiger partial charge in [-0.2, -0.15) is 0 Å². The monoisotopic (exact) mass is 359 g/mol. The molecule has 2 saturated heterocycles. The van der Waals surface area contributed by atoms with E-state index >= 15 is 0 Å². The Kier molecular flexibility index (Phi) is 4.78. The van der Waals surface area contributed by atoms with Crippen LogP contribution in [0.15, 0.2) is 29.0 Å². The number of carbonyl (C=O) groups is 1. The minimum Gasteiger partial charge on any atom is -0.469 e. The summed E-state index contributed by atoms with van der Waals surface area (Å²) in [6, 6.07) is 3.80. The molecule has 2 atom stereocenters. The van der Waals surface area contributed by atoms with E-state index in [-0.39, 0.29) is 17.2 Å². The average molecular weight is 359 g/mol. The molecule has 0 saturated carbocycles. The molecule has 8 nitrogen and oxygen atoms in total. The fourth-order valence-corrected chi connectivity index (χ4v) is 4.16. The Morgan fingerprint density at radius 1 is 1.50 bits per heavy atom. The summed E-state index contributed by atoms with van der Waals surface area (Å²) in [6.07, 6.45) is 4.92. The highest BCUT2D eigenvalue weighted by Crippen LogP contribution is 2.42. The molecule has 2 aliphatic rings. The molecule has 8 heteroatoms. The number of furan rings is 1. The molecule has 4 heterocycles. The van der Waals surface area contributed by atoms with Crippen LogP contribution in [0.2, 0.25) is 0 Å². The van der Waals surface area contributed by atoms with Crippen LogP contribution in [0.4, 0.5) is 0 Å². The van der Waals surface area contributed by atoms with E-state index in [1.165, 1.54) is 0 Å². The number of nitrogens with one attached hydrogen (secondary N) is 1. The van der Waals surface area contributed by atoms with Crippen LogP contribution in [0.1, 0.15) is 17.9 Å². The van der Waals surface area contributed by atoms with Crippen LogP contribution in [0, 0.1) is 11.3 Å². The van der Waals surface area contributed by atoms with Crippen molar-refractivity contribution in [3.63, 3.8) is 0 Å². The number of aromatic nitrogens is 3.